The number of likely N-dealkylation sites (N-methyl/N-ethyl adjacent to an activating group) is 1. The van der Waals surface area contributed by atoms with Crippen molar-refractivity contribution >= 4 is 17.5 Å². The van der Waals surface area contributed by atoms with E-state index in [1.165, 1.54) is 0 Å². The van der Waals surface area contributed by atoms with Gasteiger partial charge in [0.2, 0.25) is 5.95 Å². The minimum atomic E-state index is -0.00604. The molecule has 0 radical (unpaired) electrons. The molecule has 1 aliphatic heterocycles. The average Bonchev–Trinajstić information content (AvgIpc) is 2.28. The molecular formula is C13H21ClN4. The molecule has 0 N–H and O–H groups in total. The molecule has 0 unspecified atom stereocenters. The van der Waals surface area contributed by atoms with Crippen LogP contribution >= 0.6 is 11.6 Å². The molecule has 1 aromatic heterocycles. The summed E-state index contributed by atoms with van der Waals surface area (Å²) >= 11 is 6.12. The van der Waals surface area contributed by atoms with Crippen LogP contribution in [0.25, 0.3) is 0 Å². The molecule has 0 saturated carbocycles. The Morgan fingerprint density at radius 1 is 1.11 bits per heavy atom. The molecule has 2 heterocycles. The monoisotopic (exact) mass is 268 g/mol. The van der Waals surface area contributed by atoms with Crippen LogP contribution in [0.5, 0.6) is 0 Å². The molecule has 1 saturated heterocycles. The molecule has 100 valence electrons. The van der Waals surface area contributed by atoms with Crippen molar-refractivity contribution in [3.05, 3.63) is 16.9 Å². The SMILES string of the molecule is CN1CCN(c2nc(Cl)cc(C(C)(C)C)n2)CC1. The predicted molar refractivity (Wildman–Crippen MR) is 75.5 cm³/mol. The molecule has 1 fully saturated rings. The summed E-state index contributed by atoms with van der Waals surface area (Å²) in [6.07, 6.45) is 0. The number of aromatic nitrogens is 2. The lowest BCUT2D eigenvalue weighted by atomic mass is 9.92. The van der Waals surface area contributed by atoms with Gasteiger partial charge in [0.1, 0.15) is 5.15 Å². The number of piperazine rings is 1. The van der Waals surface area contributed by atoms with Crippen LogP contribution in [0.1, 0.15) is 26.5 Å². The van der Waals surface area contributed by atoms with Gasteiger partial charge in [-0.3, -0.25) is 0 Å². The predicted octanol–water partition coefficient (Wildman–Crippen LogP) is 2.18. The maximum absolute atomic E-state index is 6.12. The lowest BCUT2D eigenvalue weighted by molar-refractivity contribution is 0.311. The number of rotatable bonds is 1. The van der Waals surface area contributed by atoms with Crippen LogP contribution in [0.3, 0.4) is 0 Å². The maximum atomic E-state index is 6.12. The summed E-state index contributed by atoms with van der Waals surface area (Å²) in [6, 6.07) is 1.86. The maximum Gasteiger partial charge on any atom is 0.227 e. The molecule has 4 nitrogen and oxygen atoms in total. The van der Waals surface area contributed by atoms with Gasteiger partial charge in [0.05, 0.1) is 5.69 Å². The van der Waals surface area contributed by atoms with E-state index in [0.717, 1.165) is 37.8 Å². The van der Waals surface area contributed by atoms with Crippen LogP contribution in [0.15, 0.2) is 6.07 Å². The van der Waals surface area contributed by atoms with Crippen molar-refractivity contribution in [2.45, 2.75) is 26.2 Å². The Morgan fingerprint density at radius 2 is 1.72 bits per heavy atom. The van der Waals surface area contributed by atoms with Gasteiger partial charge < -0.3 is 9.80 Å². The molecule has 0 bridgehead atoms. The molecule has 0 atom stereocenters. The molecule has 2 rings (SSSR count). The normalized spacial score (nSPS) is 18.2. The highest BCUT2D eigenvalue weighted by atomic mass is 35.5. The van der Waals surface area contributed by atoms with E-state index in [1.54, 1.807) is 0 Å². The fourth-order valence-electron chi connectivity index (χ4n) is 1.94. The number of anilines is 1. The number of halogens is 1. The van der Waals surface area contributed by atoms with Crippen molar-refractivity contribution in [2.24, 2.45) is 0 Å². The number of hydrogen-bond acceptors (Lipinski definition) is 4. The van der Waals surface area contributed by atoms with E-state index in [1.807, 2.05) is 6.07 Å². The molecule has 18 heavy (non-hydrogen) atoms. The zero-order valence-corrected chi connectivity index (χ0v) is 12.3. The van der Waals surface area contributed by atoms with Gasteiger partial charge in [0.15, 0.2) is 0 Å². The topological polar surface area (TPSA) is 32.3 Å². The highest BCUT2D eigenvalue weighted by Gasteiger charge is 2.21. The van der Waals surface area contributed by atoms with E-state index in [9.17, 15) is 0 Å². The second kappa shape index (κ2) is 5.02. The Hall–Kier alpha value is -0.870. The van der Waals surface area contributed by atoms with Gasteiger partial charge in [0.25, 0.3) is 0 Å². The first-order valence-electron chi connectivity index (χ1n) is 6.35. The second-order valence-electron chi connectivity index (χ2n) is 5.92. The highest BCUT2D eigenvalue weighted by molar-refractivity contribution is 6.29. The van der Waals surface area contributed by atoms with Crippen molar-refractivity contribution < 1.29 is 0 Å². The first kappa shape index (κ1) is 13.6. The Labute approximate surface area is 114 Å². The first-order valence-corrected chi connectivity index (χ1v) is 6.72. The molecule has 0 spiro atoms. The molecular weight excluding hydrogens is 248 g/mol. The summed E-state index contributed by atoms with van der Waals surface area (Å²) in [5.74, 6) is 0.764. The average molecular weight is 269 g/mol. The van der Waals surface area contributed by atoms with Crippen LogP contribution in [0, 0.1) is 0 Å². The smallest absolute Gasteiger partial charge is 0.227 e. The van der Waals surface area contributed by atoms with E-state index >= 15 is 0 Å². The molecule has 0 aliphatic carbocycles. The minimum Gasteiger partial charge on any atom is -0.338 e. The molecule has 1 aromatic rings. The van der Waals surface area contributed by atoms with Gasteiger partial charge in [-0.25, -0.2) is 9.97 Å². The third-order valence-electron chi connectivity index (χ3n) is 3.24. The second-order valence-corrected chi connectivity index (χ2v) is 6.30. The Morgan fingerprint density at radius 3 is 2.28 bits per heavy atom. The fraction of sp³-hybridized carbons (Fsp3) is 0.692. The van der Waals surface area contributed by atoms with E-state index in [-0.39, 0.29) is 5.41 Å². The van der Waals surface area contributed by atoms with Crippen molar-refractivity contribution in [1.29, 1.82) is 0 Å². The van der Waals surface area contributed by atoms with Crippen LogP contribution in [0.2, 0.25) is 5.15 Å². The summed E-state index contributed by atoms with van der Waals surface area (Å²) < 4.78 is 0. The summed E-state index contributed by atoms with van der Waals surface area (Å²) in [6.45, 7) is 10.4. The van der Waals surface area contributed by atoms with E-state index in [2.05, 4.69) is 47.6 Å². The number of nitrogens with zero attached hydrogens (tertiary/aromatic N) is 4. The van der Waals surface area contributed by atoms with Gasteiger partial charge in [-0.1, -0.05) is 32.4 Å². The van der Waals surface area contributed by atoms with E-state index in [0.29, 0.717) is 5.15 Å². The van der Waals surface area contributed by atoms with Gasteiger partial charge in [-0.05, 0) is 13.1 Å². The Balaban J connectivity index is 2.25. The van der Waals surface area contributed by atoms with E-state index < -0.39 is 0 Å². The molecule has 0 amide bonds. The summed E-state index contributed by atoms with van der Waals surface area (Å²) in [4.78, 5) is 13.5. The minimum absolute atomic E-state index is 0.00604. The van der Waals surface area contributed by atoms with E-state index in [4.69, 9.17) is 11.6 Å². The third-order valence-corrected chi connectivity index (χ3v) is 3.43. The van der Waals surface area contributed by atoms with Gasteiger partial charge in [-0.15, -0.1) is 0 Å². The quantitative estimate of drug-likeness (QED) is 0.731. The summed E-state index contributed by atoms with van der Waals surface area (Å²) in [7, 11) is 2.14. The van der Waals surface area contributed by atoms with Crippen LogP contribution < -0.4 is 4.90 Å². The largest absolute Gasteiger partial charge is 0.338 e. The van der Waals surface area contributed by atoms with Crippen LogP contribution in [-0.4, -0.2) is 48.1 Å². The van der Waals surface area contributed by atoms with Crippen molar-refractivity contribution in [2.75, 3.05) is 38.1 Å². The van der Waals surface area contributed by atoms with Gasteiger partial charge >= 0.3 is 0 Å². The fourth-order valence-corrected chi connectivity index (χ4v) is 2.12. The van der Waals surface area contributed by atoms with Crippen LogP contribution in [-0.2, 0) is 5.41 Å². The lowest BCUT2D eigenvalue weighted by Crippen LogP contribution is -2.45. The van der Waals surface area contributed by atoms with Crippen molar-refractivity contribution in [3.63, 3.8) is 0 Å². The third kappa shape index (κ3) is 3.12. The van der Waals surface area contributed by atoms with Crippen molar-refractivity contribution in [1.82, 2.24) is 14.9 Å². The molecule has 1 aliphatic rings. The Kier molecular flexibility index (Phi) is 3.78. The molecule has 5 heteroatoms. The van der Waals surface area contributed by atoms with Gasteiger partial charge in [-0.2, -0.15) is 0 Å². The summed E-state index contributed by atoms with van der Waals surface area (Å²) in [5, 5.41) is 0.531. The highest BCUT2D eigenvalue weighted by Crippen LogP contribution is 2.24. The molecule has 0 aromatic carbocycles. The van der Waals surface area contributed by atoms with Crippen LogP contribution in [0.4, 0.5) is 5.95 Å². The van der Waals surface area contributed by atoms with Crippen molar-refractivity contribution in [3.8, 4) is 0 Å². The summed E-state index contributed by atoms with van der Waals surface area (Å²) in [5.41, 5.74) is 0.991. The van der Waals surface area contributed by atoms with Gasteiger partial charge in [0, 0.05) is 31.6 Å². The lowest BCUT2D eigenvalue weighted by Gasteiger charge is -2.33. The zero-order chi connectivity index (χ0) is 13.3. The first-order chi connectivity index (χ1) is 8.36. The standard InChI is InChI=1S/C13H21ClN4/c1-13(2,3)10-9-11(14)16-12(15-10)18-7-5-17(4)6-8-18/h9H,5-8H2,1-4H3. The zero-order valence-electron chi connectivity index (χ0n) is 11.6. The Bertz CT molecular complexity index is 419. The number of hydrogen-bond donors (Lipinski definition) is 0.